The topological polar surface area (TPSA) is 106 Å². The molecule has 1 aromatic heterocycles. The summed E-state index contributed by atoms with van der Waals surface area (Å²) in [6.45, 7) is 3.84. The lowest BCUT2D eigenvalue weighted by molar-refractivity contribution is -0.132. The van der Waals surface area contributed by atoms with Crippen LogP contribution in [0.5, 0.6) is 11.5 Å². The molecule has 1 N–H and O–H groups in total. The normalized spacial score (nSPS) is 18.7. The minimum absolute atomic E-state index is 0.119. The third-order valence-corrected chi connectivity index (χ3v) is 7.23. The van der Waals surface area contributed by atoms with Crippen molar-refractivity contribution in [2.75, 3.05) is 18.1 Å². The summed E-state index contributed by atoms with van der Waals surface area (Å²) >= 11 is 7.25. The molecule has 1 atom stereocenters. The van der Waals surface area contributed by atoms with Crippen LogP contribution in [0, 0.1) is 6.92 Å². The van der Waals surface area contributed by atoms with Crippen molar-refractivity contribution in [1.82, 2.24) is 4.98 Å². The Morgan fingerprint density at radius 3 is 2.57 bits per heavy atom. The number of ketones is 2. The van der Waals surface area contributed by atoms with Gasteiger partial charge in [0.2, 0.25) is 0 Å². The largest absolute Gasteiger partial charge is 0.507 e. The number of fused-ring (bicyclic) bond motifs is 1. The van der Waals surface area contributed by atoms with E-state index in [4.69, 9.17) is 21.1 Å². The van der Waals surface area contributed by atoms with Crippen molar-refractivity contribution in [3.8, 4) is 11.5 Å². The number of thiazole rings is 1. The van der Waals surface area contributed by atoms with E-state index in [1.54, 1.807) is 49.4 Å². The first-order chi connectivity index (χ1) is 16.8. The number of aryl methyl sites for hydroxylation is 1. The van der Waals surface area contributed by atoms with Crippen LogP contribution in [0.4, 0.5) is 5.13 Å². The molecule has 1 saturated heterocycles. The Kier molecular flexibility index (Phi) is 5.82. The van der Waals surface area contributed by atoms with E-state index in [0.717, 1.165) is 11.3 Å². The van der Waals surface area contributed by atoms with E-state index in [2.05, 4.69) is 4.98 Å². The number of carbonyl (C=O) groups is 3. The van der Waals surface area contributed by atoms with E-state index in [0.29, 0.717) is 51.4 Å². The first-order valence-corrected chi connectivity index (χ1v) is 11.9. The molecule has 1 amide bonds. The Bertz CT molecular complexity index is 1430. The van der Waals surface area contributed by atoms with Crippen LogP contribution in [0.25, 0.3) is 5.76 Å². The third-order valence-electron chi connectivity index (χ3n) is 5.74. The number of benzene rings is 2. The number of aliphatic hydroxyl groups is 1. The zero-order chi connectivity index (χ0) is 24.9. The average molecular weight is 511 g/mol. The van der Waals surface area contributed by atoms with Gasteiger partial charge in [-0.05, 0) is 42.8 Å². The molecule has 10 heteroatoms. The lowest BCUT2D eigenvalue weighted by Crippen LogP contribution is -2.29. The van der Waals surface area contributed by atoms with E-state index >= 15 is 0 Å². The fourth-order valence-corrected chi connectivity index (χ4v) is 5.37. The summed E-state index contributed by atoms with van der Waals surface area (Å²) in [5, 5.41) is 11.9. The molecule has 8 nitrogen and oxygen atoms in total. The second-order valence-electron chi connectivity index (χ2n) is 8.05. The summed E-state index contributed by atoms with van der Waals surface area (Å²) < 4.78 is 11.1. The highest BCUT2D eigenvalue weighted by Crippen LogP contribution is 2.45. The predicted octanol–water partition coefficient (Wildman–Crippen LogP) is 4.71. The molecule has 0 aliphatic carbocycles. The smallest absolute Gasteiger partial charge is 0.301 e. The minimum atomic E-state index is -1.01. The van der Waals surface area contributed by atoms with Gasteiger partial charge < -0.3 is 14.6 Å². The summed E-state index contributed by atoms with van der Waals surface area (Å²) in [6, 6.07) is 10.5. The second kappa shape index (κ2) is 8.83. The molecule has 0 saturated carbocycles. The number of Topliss-reactive ketones (excluding diaryl/α,β-unsaturated/α-hetero) is 2. The number of aromatic nitrogens is 1. The number of ether oxygens (including phenoxy) is 2. The summed E-state index contributed by atoms with van der Waals surface area (Å²) in [6.07, 6.45) is 0. The van der Waals surface area contributed by atoms with Gasteiger partial charge in [0.1, 0.15) is 19.0 Å². The highest BCUT2D eigenvalue weighted by atomic mass is 35.5. The first kappa shape index (κ1) is 23.1. The van der Waals surface area contributed by atoms with Crippen molar-refractivity contribution in [3.63, 3.8) is 0 Å². The number of aliphatic hydroxyl groups excluding tert-OH is 1. The van der Waals surface area contributed by atoms with Crippen molar-refractivity contribution in [2.45, 2.75) is 19.9 Å². The third kappa shape index (κ3) is 3.96. The molecule has 0 bridgehead atoms. The number of nitrogens with zero attached hydrogens (tertiary/aromatic N) is 2. The first-order valence-electron chi connectivity index (χ1n) is 10.7. The van der Waals surface area contributed by atoms with Gasteiger partial charge in [0.05, 0.1) is 22.2 Å². The van der Waals surface area contributed by atoms with Gasteiger partial charge in [0.25, 0.3) is 5.78 Å². The Morgan fingerprint density at radius 1 is 1.14 bits per heavy atom. The van der Waals surface area contributed by atoms with E-state index in [1.807, 2.05) is 0 Å². The number of amides is 1. The average Bonchev–Trinajstić information content (AvgIpc) is 3.35. The van der Waals surface area contributed by atoms with Crippen molar-refractivity contribution < 1.29 is 29.0 Å². The fraction of sp³-hybridized carbons (Fsp3) is 0.200. The maximum Gasteiger partial charge on any atom is 0.301 e. The molecule has 0 spiro atoms. The SMILES string of the molecule is CC(=O)c1sc(N2C(=O)C(=O)/C(=C(/O)c3ccc4c(c3)OCCO4)[C@@H]2c2cccc(Cl)c2)nc1C. The lowest BCUT2D eigenvalue weighted by atomic mass is 9.95. The van der Waals surface area contributed by atoms with Crippen LogP contribution in [0.1, 0.15) is 39.5 Å². The molecule has 3 heterocycles. The summed E-state index contributed by atoms with van der Waals surface area (Å²) in [7, 11) is 0. The Hall–Kier alpha value is -3.69. The van der Waals surface area contributed by atoms with Crippen molar-refractivity contribution in [3.05, 3.63) is 74.8 Å². The van der Waals surface area contributed by atoms with Crippen molar-refractivity contribution in [1.29, 1.82) is 0 Å². The molecule has 2 aliphatic heterocycles. The van der Waals surface area contributed by atoms with Crippen molar-refractivity contribution in [2.24, 2.45) is 0 Å². The van der Waals surface area contributed by atoms with Crippen LogP contribution in [-0.2, 0) is 9.59 Å². The Labute approximate surface area is 209 Å². The van der Waals surface area contributed by atoms with Crippen LogP contribution in [0.3, 0.4) is 0 Å². The van der Waals surface area contributed by atoms with Crippen LogP contribution in [0.2, 0.25) is 5.02 Å². The number of hydrogen-bond acceptors (Lipinski definition) is 8. The van der Waals surface area contributed by atoms with E-state index in [-0.39, 0.29) is 22.2 Å². The summed E-state index contributed by atoms with van der Waals surface area (Å²) in [5.41, 5.74) is 1.13. The van der Waals surface area contributed by atoms with Gasteiger partial charge in [0.15, 0.2) is 22.4 Å². The van der Waals surface area contributed by atoms with Gasteiger partial charge in [-0.15, -0.1) is 0 Å². The minimum Gasteiger partial charge on any atom is -0.507 e. The molecule has 1 fully saturated rings. The predicted molar refractivity (Wildman–Crippen MR) is 131 cm³/mol. The van der Waals surface area contributed by atoms with Gasteiger partial charge in [0, 0.05) is 17.5 Å². The van der Waals surface area contributed by atoms with E-state index in [9.17, 15) is 19.5 Å². The van der Waals surface area contributed by atoms with Gasteiger partial charge in [-0.25, -0.2) is 4.98 Å². The number of anilines is 1. The molecule has 178 valence electrons. The number of carbonyl (C=O) groups excluding carboxylic acids is 3. The quantitative estimate of drug-likeness (QED) is 0.234. The molecule has 3 aromatic rings. The monoisotopic (exact) mass is 510 g/mol. The highest BCUT2D eigenvalue weighted by Gasteiger charge is 2.48. The highest BCUT2D eigenvalue weighted by molar-refractivity contribution is 7.18. The molecular formula is C25H19ClN2O6S. The maximum atomic E-state index is 13.3. The zero-order valence-electron chi connectivity index (χ0n) is 18.7. The molecule has 2 aromatic carbocycles. The number of halogens is 1. The van der Waals surface area contributed by atoms with Crippen LogP contribution < -0.4 is 14.4 Å². The van der Waals surface area contributed by atoms with E-state index in [1.165, 1.54) is 11.8 Å². The molecule has 35 heavy (non-hydrogen) atoms. The van der Waals surface area contributed by atoms with Gasteiger partial charge in [-0.2, -0.15) is 0 Å². The van der Waals surface area contributed by atoms with Gasteiger partial charge in [-0.1, -0.05) is 35.1 Å². The molecule has 5 rings (SSSR count). The van der Waals surface area contributed by atoms with Gasteiger partial charge in [-0.3, -0.25) is 19.3 Å². The maximum absolute atomic E-state index is 13.3. The molecule has 2 aliphatic rings. The fourth-order valence-electron chi connectivity index (χ4n) is 4.18. The standard InChI is InChI=1S/C25H19ClN2O6S/c1-12-23(13(2)29)35-25(27-12)28-20(14-4-3-5-16(26)10-14)19(22(31)24(28)32)21(30)15-6-7-17-18(11-15)34-9-8-33-17/h3-7,10-11,20,30H,8-9H2,1-2H3/b21-19+/t20-/m0/s1. The molecular weight excluding hydrogens is 492 g/mol. The van der Waals surface area contributed by atoms with Crippen LogP contribution in [0.15, 0.2) is 48.0 Å². The molecule has 0 unspecified atom stereocenters. The lowest BCUT2D eigenvalue weighted by Gasteiger charge is -2.23. The van der Waals surface area contributed by atoms with Crippen molar-refractivity contribution >= 4 is 51.3 Å². The Balaban J connectivity index is 1.70. The van der Waals surface area contributed by atoms with Crippen LogP contribution >= 0.6 is 22.9 Å². The van der Waals surface area contributed by atoms with E-state index < -0.39 is 17.7 Å². The number of rotatable bonds is 4. The second-order valence-corrected chi connectivity index (χ2v) is 9.46. The summed E-state index contributed by atoms with van der Waals surface area (Å²) in [4.78, 5) is 44.6. The van der Waals surface area contributed by atoms with Crippen LogP contribution in [-0.4, -0.2) is 40.8 Å². The summed E-state index contributed by atoms with van der Waals surface area (Å²) in [5.74, 6) is -1.35. The van der Waals surface area contributed by atoms with Gasteiger partial charge >= 0.3 is 5.91 Å². The number of hydrogen-bond donors (Lipinski definition) is 1. The Morgan fingerprint density at radius 2 is 1.89 bits per heavy atom. The molecule has 0 radical (unpaired) electrons. The zero-order valence-corrected chi connectivity index (χ0v) is 20.3.